The van der Waals surface area contributed by atoms with E-state index in [9.17, 15) is 26.3 Å². The maximum absolute atomic E-state index is 13.3. The summed E-state index contributed by atoms with van der Waals surface area (Å²) < 4.78 is 79.8. The summed E-state index contributed by atoms with van der Waals surface area (Å²) in [6.07, 6.45) is -7.54. The summed E-state index contributed by atoms with van der Waals surface area (Å²) in [6, 6.07) is 26.8. The minimum absolute atomic E-state index is 0.657. The largest absolute Gasteiger partial charge is 0.416 e. The highest BCUT2D eigenvalue weighted by Gasteiger charge is 2.31. The van der Waals surface area contributed by atoms with Crippen LogP contribution < -0.4 is 31.0 Å². The summed E-state index contributed by atoms with van der Waals surface area (Å²) >= 11 is 0. The average molecular weight is 621 g/mol. The summed E-state index contributed by atoms with van der Waals surface area (Å²) in [5, 5.41) is 3.70. The molecule has 0 aromatic heterocycles. The molecule has 0 saturated heterocycles. The van der Waals surface area contributed by atoms with Crippen LogP contribution in [-0.4, -0.2) is 40.5 Å². The van der Waals surface area contributed by atoms with E-state index in [-0.39, 0.29) is 0 Å². The third-order valence-electron chi connectivity index (χ3n) is 6.92. The monoisotopic (exact) mass is 620 g/mol. The first kappa shape index (κ1) is 31.8. The summed E-state index contributed by atoms with van der Waals surface area (Å²) in [5.74, 6) is 0. The molecule has 0 N–H and O–H groups in total. The molecule has 0 aliphatic heterocycles. The number of nitrogens with zero attached hydrogens (tertiary/aromatic N) is 2. The maximum Gasteiger partial charge on any atom is 0.416 e. The Hall–Kier alpha value is -3.08. The summed E-state index contributed by atoms with van der Waals surface area (Å²) in [4.78, 5) is 3.96. The first-order valence-corrected chi connectivity index (χ1v) is 16.2. The van der Waals surface area contributed by atoms with Gasteiger partial charge in [-0.25, -0.2) is 0 Å². The predicted molar refractivity (Wildman–Crippen MR) is 167 cm³/mol. The molecule has 10 heteroatoms. The van der Waals surface area contributed by atoms with E-state index in [2.05, 4.69) is 0 Å². The third-order valence-corrected chi connectivity index (χ3v) is 12.3. The van der Waals surface area contributed by atoms with Gasteiger partial charge in [-0.1, -0.05) is 48.5 Å². The lowest BCUT2D eigenvalue weighted by molar-refractivity contribution is -0.138. The minimum atomic E-state index is -4.43. The van der Waals surface area contributed by atoms with E-state index in [0.29, 0.717) is 12.3 Å². The Bertz CT molecular complexity index is 1320. The van der Waals surface area contributed by atoms with Gasteiger partial charge in [0.05, 0.1) is 11.1 Å². The Kier molecular flexibility index (Phi) is 9.90. The molecule has 0 spiro atoms. The Balaban J connectivity index is 1.71. The molecule has 0 heterocycles. The second kappa shape index (κ2) is 13.1. The fourth-order valence-corrected chi connectivity index (χ4v) is 9.80. The van der Waals surface area contributed by atoms with Gasteiger partial charge in [0.2, 0.25) is 0 Å². The Labute approximate surface area is 245 Å². The van der Waals surface area contributed by atoms with E-state index in [4.69, 9.17) is 0 Å². The number of benzene rings is 4. The number of rotatable bonds is 9. The average Bonchev–Trinajstić information content (AvgIpc) is 2.95. The molecule has 2 nitrogen and oxygen atoms in total. The third kappa shape index (κ3) is 7.85. The Morgan fingerprint density at radius 1 is 0.429 bits per heavy atom. The van der Waals surface area contributed by atoms with Gasteiger partial charge in [-0.3, -0.25) is 0 Å². The van der Waals surface area contributed by atoms with E-state index in [1.165, 1.54) is 0 Å². The second-order valence-corrected chi connectivity index (χ2v) is 14.9. The van der Waals surface area contributed by atoms with Gasteiger partial charge in [0.15, 0.2) is 0 Å². The number of hydrogen-bond acceptors (Lipinski definition) is 2. The highest BCUT2D eigenvalue weighted by molar-refractivity contribution is 7.76. The van der Waals surface area contributed by atoms with Crippen molar-refractivity contribution in [2.24, 2.45) is 0 Å². The van der Waals surface area contributed by atoms with Gasteiger partial charge in [0.1, 0.15) is 0 Å². The highest BCUT2D eigenvalue weighted by Crippen LogP contribution is 2.42. The molecule has 0 amide bonds. The lowest BCUT2D eigenvalue weighted by atomic mass is 10.2. The van der Waals surface area contributed by atoms with Crippen LogP contribution in [-0.2, 0) is 12.4 Å². The van der Waals surface area contributed by atoms with Gasteiger partial charge in [0, 0.05) is 39.6 Å². The fraction of sp³-hybridized carbons (Fsp3) is 0.250. The highest BCUT2D eigenvalue weighted by atomic mass is 31.1. The molecule has 0 bridgehead atoms. The van der Waals surface area contributed by atoms with Crippen molar-refractivity contribution in [1.82, 2.24) is 0 Å². The smallest absolute Gasteiger partial charge is 0.378 e. The fourth-order valence-electron chi connectivity index (χ4n) is 4.54. The standard InChI is InChI=1S/C32H32F6N2P2/c1-39(2)25-9-17-29(18-10-25)41(27-13-5-23(6-14-27)31(33,34)35)21-22-42(30-19-11-26(12-20-30)40(3)4)28-15-7-24(8-16-28)32(36,37)38/h5-20H,21-22H2,1-4H3. The van der Waals surface area contributed by atoms with Gasteiger partial charge in [0.25, 0.3) is 0 Å². The molecule has 4 rings (SSSR count). The van der Waals surface area contributed by atoms with Gasteiger partial charge in [-0.05, 0) is 97.9 Å². The summed E-state index contributed by atoms with van der Waals surface area (Å²) in [7, 11) is 5.66. The van der Waals surface area contributed by atoms with E-state index in [0.717, 1.165) is 56.9 Å². The van der Waals surface area contributed by atoms with Crippen molar-refractivity contribution in [3.8, 4) is 0 Å². The Morgan fingerprint density at radius 3 is 0.881 bits per heavy atom. The molecule has 42 heavy (non-hydrogen) atoms. The normalized spacial score (nSPS) is 13.5. The summed E-state index contributed by atoms with van der Waals surface area (Å²) in [6.45, 7) is 0. The number of halogens is 6. The van der Waals surface area contributed by atoms with Crippen molar-refractivity contribution in [3.63, 3.8) is 0 Å². The van der Waals surface area contributed by atoms with Crippen LogP contribution in [0.5, 0.6) is 0 Å². The molecule has 0 radical (unpaired) electrons. The molecule has 0 saturated carbocycles. The number of hydrogen-bond donors (Lipinski definition) is 0. The first-order valence-electron chi connectivity index (χ1n) is 13.2. The SMILES string of the molecule is CN(C)c1ccc(P(CCP(c2ccc(N(C)C)cc2)c2ccc(C(F)(F)F)cc2)c2ccc(C(F)(F)F)cc2)cc1. The number of alkyl halides is 6. The zero-order valence-electron chi connectivity index (χ0n) is 23.7. The minimum Gasteiger partial charge on any atom is -0.378 e. The van der Waals surface area contributed by atoms with E-state index in [1.54, 1.807) is 24.3 Å². The van der Waals surface area contributed by atoms with Crippen LogP contribution in [0, 0.1) is 0 Å². The van der Waals surface area contributed by atoms with E-state index in [1.807, 2.05) is 86.5 Å². The van der Waals surface area contributed by atoms with Crippen molar-refractivity contribution in [1.29, 1.82) is 0 Å². The van der Waals surface area contributed by atoms with Crippen LogP contribution >= 0.6 is 15.8 Å². The van der Waals surface area contributed by atoms with E-state index >= 15 is 0 Å². The lowest BCUT2D eigenvalue weighted by Gasteiger charge is -2.25. The first-order chi connectivity index (χ1) is 19.7. The van der Waals surface area contributed by atoms with Gasteiger partial charge in [-0.2, -0.15) is 26.3 Å². The van der Waals surface area contributed by atoms with Crippen LogP contribution in [0.2, 0.25) is 0 Å². The predicted octanol–water partition coefficient (Wildman–Crippen LogP) is 7.42. The molecule has 222 valence electrons. The van der Waals surface area contributed by atoms with Crippen molar-refractivity contribution in [2.75, 3.05) is 50.3 Å². The zero-order chi connectivity index (χ0) is 30.7. The molecule has 0 aliphatic rings. The molecule has 4 aromatic carbocycles. The quantitative estimate of drug-likeness (QED) is 0.142. The summed E-state index contributed by atoms with van der Waals surface area (Å²) in [5.41, 5.74) is 0.623. The van der Waals surface area contributed by atoms with Crippen LogP contribution in [0.3, 0.4) is 0 Å². The molecule has 2 unspecified atom stereocenters. The molecular weight excluding hydrogens is 588 g/mol. The van der Waals surface area contributed by atoms with Crippen LogP contribution in [0.1, 0.15) is 11.1 Å². The van der Waals surface area contributed by atoms with Gasteiger partial charge < -0.3 is 9.80 Å². The molecular formula is C32H32F6N2P2. The zero-order valence-corrected chi connectivity index (χ0v) is 25.5. The Morgan fingerprint density at radius 2 is 0.667 bits per heavy atom. The van der Waals surface area contributed by atoms with Crippen LogP contribution in [0.15, 0.2) is 97.1 Å². The maximum atomic E-state index is 13.3. The molecule has 0 fully saturated rings. The molecule has 4 aromatic rings. The molecule has 2 atom stereocenters. The van der Waals surface area contributed by atoms with Gasteiger partial charge in [-0.15, -0.1) is 0 Å². The van der Waals surface area contributed by atoms with Crippen molar-refractivity contribution < 1.29 is 26.3 Å². The second-order valence-electron chi connectivity index (χ2n) is 10.2. The lowest BCUT2D eigenvalue weighted by Crippen LogP contribution is -2.21. The van der Waals surface area contributed by atoms with Crippen LogP contribution in [0.25, 0.3) is 0 Å². The van der Waals surface area contributed by atoms with E-state index < -0.39 is 39.3 Å². The van der Waals surface area contributed by atoms with Crippen molar-refractivity contribution in [3.05, 3.63) is 108 Å². The van der Waals surface area contributed by atoms with Crippen molar-refractivity contribution >= 4 is 48.4 Å². The topological polar surface area (TPSA) is 6.48 Å². The number of anilines is 2. The van der Waals surface area contributed by atoms with Crippen molar-refractivity contribution in [2.45, 2.75) is 12.4 Å². The van der Waals surface area contributed by atoms with Crippen LogP contribution in [0.4, 0.5) is 37.7 Å². The van der Waals surface area contributed by atoms with Gasteiger partial charge >= 0.3 is 12.4 Å². The molecule has 0 aliphatic carbocycles.